The first-order valence-electron chi connectivity index (χ1n) is 22.2. The smallest absolute Gasteiger partial charge is 0.463 e. The summed E-state index contributed by atoms with van der Waals surface area (Å²) >= 11 is 0. The van der Waals surface area contributed by atoms with Gasteiger partial charge in [-0.3, -0.25) is 18.6 Å². The van der Waals surface area contributed by atoms with Gasteiger partial charge >= 0.3 is 13.8 Å². The fourth-order valence-corrected chi connectivity index (χ4v) is 7.49. The molecule has 0 aromatic carbocycles. The number of aliphatic hydroxyl groups excluding tert-OH is 4. The quantitative estimate of drug-likeness (QED) is 0.0172. The van der Waals surface area contributed by atoms with E-state index in [9.17, 15) is 34.4 Å². The van der Waals surface area contributed by atoms with Gasteiger partial charge in [0.05, 0.1) is 19.8 Å². The van der Waals surface area contributed by atoms with Gasteiger partial charge in [-0.25, -0.2) is 4.57 Å². The Bertz CT molecular complexity index is 963. The van der Waals surface area contributed by atoms with E-state index in [0.29, 0.717) is 12.2 Å². The third-order valence-corrected chi connectivity index (χ3v) is 11.2. The summed E-state index contributed by atoms with van der Waals surface area (Å²) < 4.78 is 26.5. The first-order valence-corrected chi connectivity index (χ1v) is 23.7. The number of rotatable bonds is 42. The normalized spacial score (nSPS) is 15.2. The Morgan fingerprint density at radius 2 is 1.05 bits per heavy atom. The van der Waals surface area contributed by atoms with Crippen LogP contribution in [0.25, 0.3) is 0 Å². The summed E-state index contributed by atoms with van der Waals surface area (Å²) in [6.45, 7) is 1.76. The number of hydrogen-bond acceptors (Lipinski definition) is 10. The van der Waals surface area contributed by atoms with Crippen LogP contribution in [-0.4, -0.2) is 81.8 Å². The number of carbonyl (C=O) groups is 2. The number of esters is 1. The zero-order valence-corrected chi connectivity index (χ0v) is 35.8. The van der Waals surface area contributed by atoms with Gasteiger partial charge in [-0.1, -0.05) is 168 Å². The predicted molar refractivity (Wildman–Crippen MR) is 221 cm³/mol. The Balaban J connectivity index is 4.28. The highest BCUT2D eigenvalue weighted by Gasteiger charge is 2.29. The molecule has 326 valence electrons. The molecule has 0 rings (SSSR count). The third kappa shape index (κ3) is 34.6. The van der Waals surface area contributed by atoms with Gasteiger partial charge in [0, 0.05) is 12.3 Å². The number of hydrogen-bond donors (Lipinski definition) is 5. The molecule has 0 saturated heterocycles. The van der Waals surface area contributed by atoms with Crippen LogP contribution in [0.3, 0.4) is 0 Å². The lowest BCUT2D eigenvalue weighted by Crippen LogP contribution is -2.33. The second-order valence-corrected chi connectivity index (χ2v) is 16.8. The summed E-state index contributed by atoms with van der Waals surface area (Å²) in [5.74, 6) is -0.121. The summed E-state index contributed by atoms with van der Waals surface area (Å²) in [6.07, 6.45) is 32.8. The van der Waals surface area contributed by atoms with E-state index in [4.69, 9.17) is 14.4 Å². The molecule has 0 bridgehead atoms. The van der Waals surface area contributed by atoms with Gasteiger partial charge in [-0.15, -0.1) is 0 Å². The molecule has 0 saturated carbocycles. The minimum absolute atomic E-state index is 0.104. The van der Waals surface area contributed by atoms with E-state index < -0.39 is 58.5 Å². The lowest BCUT2D eigenvalue weighted by molar-refractivity contribution is -0.147. The monoisotopic (exact) mass is 807 g/mol. The summed E-state index contributed by atoms with van der Waals surface area (Å²) in [5.41, 5.74) is 0. The van der Waals surface area contributed by atoms with Crippen LogP contribution < -0.4 is 0 Å². The van der Waals surface area contributed by atoms with Crippen molar-refractivity contribution in [2.75, 3.05) is 26.4 Å². The third-order valence-electron chi connectivity index (χ3n) is 10.2. The maximum atomic E-state index is 13.2. The second kappa shape index (κ2) is 38.4. The number of aliphatic hydroxyl groups is 4. The molecule has 5 N–H and O–H groups in total. The minimum atomic E-state index is -4.74. The molecule has 12 heteroatoms. The van der Waals surface area contributed by atoms with Crippen molar-refractivity contribution in [1.29, 1.82) is 0 Å². The van der Waals surface area contributed by atoms with E-state index in [1.807, 2.05) is 6.08 Å². The van der Waals surface area contributed by atoms with Crippen molar-refractivity contribution in [2.24, 2.45) is 5.92 Å². The highest BCUT2D eigenvalue weighted by Crippen LogP contribution is 2.44. The van der Waals surface area contributed by atoms with Gasteiger partial charge in [-0.05, 0) is 38.2 Å². The van der Waals surface area contributed by atoms with Crippen LogP contribution in [-0.2, 0) is 27.9 Å². The van der Waals surface area contributed by atoms with Crippen LogP contribution in [0.1, 0.15) is 200 Å². The largest absolute Gasteiger partial charge is 0.472 e. The molecule has 0 aromatic heterocycles. The summed E-state index contributed by atoms with van der Waals surface area (Å²) in [6, 6.07) is 0. The number of phosphoric acid groups is 1. The lowest BCUT2D eigenvalue weighted by Gasteiger charge is -2.21. The number of phosphoric ester groups is 1. The first kappa shape index (κ1) is 53.8. The van der Waals surface area contributed by atoms with Crippen LogP contribution in [0.4, 0.5) is 0 Å². The number of allylic oxidation sites excluding steroid dienone is 2. The summed E-state index contributed by atoms with van der Waals surface area (Å²) in [4.78, 5) is 35.1. The van der Waals surface area contributed by atoms with E-state index in [0.717, 1.165) is 64.2 Å². The van der Waals surface area contributed by atoms with Gasteiger partial charge in [-0.2, -0.15) is 0 Å². The average Bonchev–Trinajstić information content (AvgIpc) is 3.17. The van der Waals surface area contributed by atoms with E-state index >= 15 is 0 Å². The standard InChI is InChI=1S/C43H83O11P/c1-3-5-7-9-11-12-13-14-15-16-17-18-19-24-28-32-40(46)38(30-26-22-10-8-6-4-2)31-27-23-20-21-25-29-33-43(49)52-36-39(34-44)54-55(50,51)53-37-42(48)41(47)35-45/h28,32,38-39,41-42,44-45,47-48H,3-27,29-31,33-37H2,1-2H3,(H,50,51)/t38?,39-,41+,42+/m0/s1. The van der Waals surface area contributed by atoms with Crippen LogP contribution in [0.15, 0.2) is 12.2 Å². The summed E-state index contributed by atoms with van der Waals surface area (Å²) in [5, 5.41) is 37.1. The predicted octanol–water partition coefficient (Wildman–Crippen LogP) is 9.83. The second-order valence-electron chi connectivity index (χ2n) is 15.4. The molecule has 0 amide bonds. The molecular weight excluding hydrogens is 723 g/mol. The number of ether oxygens (including phenoxy) is 1. The van der Waals surface area contributed by atoms with Crippen LogP contribution >= 0.6 is 7.82 Å². The molecule has 0 aliphatic carbocycles. The SMILES string of the molecule is CCCCCCCCCCCCCCCC=CC(=O)C(CCCCCCCC)CCCCCCCCC(=O)OC[C@H](CO)OP(=O)(O)OC[C@@H](O)[C@H](O)CO. The molecule has 0 aliphatic heterocycles. The summed E-state index contributed by atoms with van der Waals surface area (Å²) in [7, 11) is -4.74. The van der Waals surface area contributed by atoms with E-state index in [2.05, 4.69) is 24.4 Å². The molecule has 2 unspecified atom stereocenters. The van der Waals surface area contributed by atoms with Crippen molar-refractivity contribution >= 4 is 19.6 Å². The van der Waals surface area contributed by atoms with Crippen molar-refractivity contribution in [2.45, 2.75) is 218 Å². The Kier molecular flexibility index (Phi) is 37.5. The van der Waals surface area contributed by atoms with Crippen molar-refractivity contribution < 1.29 is 53.3 Å². The molecule has 0 radical (unpaired) electrons. The van der Waals surface area contributed by atoms with Gasteiger partial charge in [0.15, 0.2) is 5.78 Å². The molecular formula is C43H83O11P. The van der Waals surface area contributed by atoms with Gasteiger partial charge in [0.2, 0.25) is 0 Å². The topological polar surface area (TPSA) is 180 Å². The Labute approximate surface area is 335 Å². The number of unbranched alkanes of at least 4 members (excludes halogenated alkanes) is 23. The maximum absolute atomic E-state index is 13.2. The first-order chi connectivity index (χ1) is 26.6. The Morgan fingerprint density at radius 3 is 1.53 bits per heavy atom. The van der Waals surface area contributed by atoms with Crippen molar-refractivity contribution in [1.82, 2.24) is 0 Å². The molecule has 0 aromatic rings. The lowest BCUT2D eigenvalue weighted by atomic mass is 9.90. The minimum Gasteiger partial charge on any atom is -0.463 e. The van der Waals surface area contributed by atoms with Crippen molar-refractivity contribution in [3.63, 3.8) is 0 Å². The van der Waals surface area contributed by atoms with Crippen molar-refractivity contribution in [3.8, 4) is 0 Å². The number of carbonyl (C=O) groups excluding carboxylic acids is 2. The Morgan fingerprint density at radius 1 is 0.600 bits per heavy atom. The molecule has 11 nitrogen and oxygen atoms in total. The van der Waals surface area contributed by atoms with Crippen LogP contribution in [0.2, 0.25) is 0 Å². The zero-order valence-electron chi connectivity index (χ0n) is 34.9. The maximum Gasteiger partial charge on any atom is 0.472 e. The van der Waals surface area contributed by atoms with Gasteiger partial charge < -0.3 is 30.1 Å². The zero-order chi connectivity index (χ0) is 40.8. The van der Waals surface area contributed by atoms with Gasteiger partial charge in [0.25, 0.3) is 0 Å². The Hall–Kier alpha value is -1.17. The molecule has 0 fully saturated rings. The van der Waals surface area contributed by atoms with Crippen LogP contribution in [0.5, 0.6) is 0 Å². The average molecular weight is 807 g/mol. The van der Waals surface area contributed by atoms with Crippen LogP contribution in [0, 0.1) is 5.92 Å². The molecule has 0 heterocycles. The van der Waals surface area contributed by atoms with E-state index in [1.165, 1.54) is 109 Å². The highest BCUT2D eigenvalue weighted by molar-refractivity contribution is 7.47. The van der Waals surface area contributed by atoms with Crippen molar-refractivity contribution in [3.05, 3.63) is 12.2 Å². The molecule has 0 aliphatic rings. The fraction of sp³-hybridized carbons (Fsp3) is 0.907. The molecule has 5 atom stereocenters. The molecule has 0 spiro atoms. The van der Waals surface area contributed by atoms with E-state index in [1.54, 1.807) is 0 Å². The fourth-order valence-electron chi connectivity index (χ4n) is 6.58. The van der Waals surface area contributed by atoms with Gasteiger partial charge in [0.1, 0.15) is 24.9 Å². The highest BCUT2D eigenvalue weighted by atomic mass is 31.2. The molecule has 55 heavy (non-hydrogen) atoms. The number of ketones is 1. The van der Waals surface area contributed by atoms with E-state index in [-0.39, 0.29) is 12.3 Å².